The summed E-state index contributed by atoms with van der Waals surface area (Å²) in [6.45, 7) is 1.72. The molecule has 4 fully saturated rings. The molecule has 3 unspecified atom stereocenters. The fourth-order valence-corrected chi connectivity index (χ4v) is 8.12. The van der Waals surface area contributed by atoms with Crippen LogP contribution in [0.4, 0.5) is 19.0 Å². The van der Waals surface area contributed by atoms with E-state index in [2.05, 4.69) is 15.2 Å². The molecule has 4 aliphatic heterocycles. The van der Waals surface area contributed by atoms with E-state index in [9.17, 15) is 13.9 Å². The van der Waals surface area contributed by atoms with Crippen molar-refractivity contribution in [3.8, 4) is 22.9 Å². The van der Waals surface area contributed by atoms with E-state index in [0.717, 1.165) is 23.6 Å². The van der Waals surface area contributed by atoms with Crippen molar-refractivity contribution < 1.29 is 23.0 Å². The first-order valence-electron chi connectivity index (χ1n) is 14.9. The summed E-state index contributed by atoms with van der Waals surface area (Å²) < 4.78 is 51.8. The molecule has 4 saturated heterocycles. The highest BCUT2D eigenvalue weighted by Gasteiger charge is 2.53. The molecule has 2 N–H and O–H groups in total. The maximum absolute atomic E-state index is 16.8. The van der Waals surface area contributed by atoms with Crippen LogP contribution in [0.3, 0.4) is 0 Å². The molecule has 224 valence electrons. The number of nitrogens with zero attached hydrogens (tertiary/aromatic N) is 4. The Morgan fingerprint density at radius 3 is 2.44 bits per heavy atom. The van der Waals surface area contributed by atoms with E-state index in [1.165, 1.54) is 6.07 Å². The Balaban J connectivity index is 1.27. The van der Waals surface area contributed by atoms with Gasteiger partial charge in [0.15, 0.2) is 5.82 Å². The number of hydrogen-bond acceptors (Lipinski definition) is 7. The number of phenolic OH excluding ortho intramolecular Hbond substituents is 1. The number of ether oxygens (including phenoxy) is 1. The quantitative estimate of drug-likeness (QED) is 0.297. The summed E-state index contributed by atoms with van der Waals surface area (Å²) in [5.74, 6) is -0.147. The Morgan fingerprint density at radius 1 is 0.977 bits per heavy atom. The molecule has 0 radical (unpaired) electrons. The number of aromatic hydroxyl groups is 1. The van der Waals surface area contributed by atoms with Crippen LogP contribution in [0.25, 0.3) is 32.8 Å². The first-order valence-corrected chi connectivity index (χ1v) is 15.2. The van der Waals surface area contributed by atoms with E-state index < -0.39 is 23.7 Å². The summed E-state index contributed by atoms with van der Waals surface area (Å²) in [6, 6.07) is 12.7. The van der Waals surface area contributed by atoms with Crippen molar-refractivity contribution in [2.24, 2.45) is 0 Å². The molecular weight excluding hydrogens is 579 g/mol. The highest BCUT2D eigenvalue weighted by atomic mass is 35.5. The summed E-state index contributed by atoms with van der Waals surface area (Å²) in [5.41, 5.74) is -0.182. The zero-order valence-electron chi connectivity index (χ0n) is 23.4. The summed E-state index contributed by atoms with van der Waals surface area (Å²) >= 11 is 6.83. The van der Waals surface area contributed by atoms with Gasteiger partial charge >= 0.3 is 6.01 Å². The third-order valence-corrected chi connectivity index (χ3v) is 9.95. The zero-order valence-corrected chi connectivity index (χ0v) is 24.1. The SMILES string of the molecule is Oc1cc(-c2c(Cl)cc3c(N4CC5CCC(C4)N5)nc(OCC45C[C@H](F)CN4C[C@H](F)C5)nc3c2F)c2ccccc2c1. The fraction of sp³-hybridized carbons (Fsp3) is 0.438. The lowest BCUT2D eigenvalue weighted by atomic mass is 9.94. The van der Waals surface area contributed by atoms with Gasteiger partial charge in [0.2, 0.25) is 0 Å². The third-order valence-electron chi connectivity index (χ3n) is 9.65. The molecule has 0 aliphatic carbocycles. The largest absolute Gasteiger partial charge is 0.508 e. The number of halogens is 4. The van der Waals surface area contributed by atoms with Gasteiger partial charge in [-0.25, -0.2) is 13.2 Å². The van der Waals surface area contributed by atoms with Gasteiger partial charge in [0.1, 0.15) is 36.0 Å². The van der Waals surface area contributed by atoms with Crippen LogP contribution in [0.15, 0.2) is 42.5 Å². The van der Waals surface area contributed by atoms with Crippen LogP contribution in [0.1, 0.15) is 25.7 Å². The van der Waals surface area contributed by atoms with Crippen LogP contribution in [0, 0.1) is 5.82 Å². The Hall–Kier alpha value is -3.34. The number of fused-ring (bicyclic) bond motifs is 5. The molecular formula is C32H31ClF3N5O2. The topological polar surface area (TPSA) is 73.8 Å². The van der Waals surface area contributed by atoms with Crippen LogP contribution < -0.4 is 15.0 Å². The number of hydrogen-bond donors (Lipinski definition) is 2. The molecule has 5 atom stereocenters. The molecule has 3 aromatic carbocycles. The standard InChI is InChI=1S/C32H31ClF3N5O2/c33-26-9-25-29(28(36)27(26)24-8-22(42)7-17-3-1-2-4-23(17)24)38-31(39-30(25)40-14-20-5-6-21(15-40)37-20)43-16-32-10-18(34)12-41(32)13-19(35)11-32/h1-4,7-9,18-21,37,42H,5-6,10-16H2/t18-,19+,20?,21?,32?. The van der Waals surface area contributed by atoms with Crippen LogP contribution in [0.2, 0.25) is 5.02 Å². The number of benzene rings is 3. The predicted molar refractivity (Wildman–Crippen MR) is 160 cm³/mol. The van der Waals surface area contributed by atoms with Gasteiger partial charge in [-0.05, 0) is 47.4 Å². The normalized spacial score (nSPS) is 28.7. The minimum atomic E-state index is -1.06. The number of aromatic nitrogens is 2. The van der Waals surface area contributed by atoms with Gasteiger partial charge in [-0.1, -0.05) is 35.9 Å². The molecule has 1 aromatic heterocycles. The second-order valence-corrected chi connectivity index (χ2v) is 13.0. The van der Waals surface area contributed by atoms with E-state index in [-0.39, 0.29) is 60.4 Å². The molecule has 5 heterocycles. The highest BCUT2D eigenvalue weighted by Crippen LogP contribution is 2.44. The molecule has 0 spiro atoms. The average Bonchev–Trinajstić information content (AvgIpc) is 3.58. The minimum absolute atomic E-state index is 0.00481. The monoisotopic (exact) mass is 609 g/mol. The number of rotatable bonds is 5. The Morgan fingerprint density at radius 2 is 1.70 bits per heavy atom. The molecule has 4 aromatic rings. The number of alkyl halides is 2. The summed E-state index contributed by atoms with van der Waals surface area (Å²) in [6.07, 6.45) is 0.329. The van der Waals surface area contributed by atoms with Crippen molar-refractivity contribution in [3.05, 3.63) is 53.3 Å². The number of nitrogens with one attached hydrogen (secondary N) is 1. The molecule has 0 amide bonds. The van der Waals surface area contributed by atoms with E-state index >= 15 is 4.39 Å². The first kappa shape index (κ1) is 27.2. The van der Waals surface area contributed by atoms with E-state index in [1.807, 2.05) is 29.2 Å². The maximum atomic E-state index is 16.8. The van der Waals surface area contributed by atoms with E-state index in [0.29, 0.717) is 41.9 Å². The third kappa shape index (κ3) is 4.57. The summed E-state index contributed by atoms with van der Waals surface area (Å²) in [5, 5.41) is 16.2. The van der Waals surface area contributed by atoms with Crippen molar-refractivity contribution in [2.75, 3.05) is 37.7 Å². The highest BCUT2D eigenvalue weighted by molar-refractivity contribution is 6.35. The fourth-order valence-electron chi connectivity index (χ4n) is 7.83. The van der Waals surface area contributed by atoms with Gasteiger partial charge in [0.05, 0.1) is 10.6 Å². The second kappa shape index (κ2) is 10.1. The van der Waals surface area contributed by atoms with Crippen LogP contribution in [-0.2, 0) is 0 Å². The van der Waals surface area contributed by atoms with E-state index in [1.54, 1.807) is 12.1 Å². The second-order valence-electron chi connectivity index (χ2n) is 12.6. The lowest BCUT2D eigenvalue weighted by molar-refractivity contribution is 0.107. The maximum Gasteiger partial charge on any atom is 0.319 e. The predicted octanol–water partition coefficient (Wildman–Crippen LogP) is 5.79. The summed E-state index contributed by atoms with van der Waals surface area (Å²) in [4.78, 5) is 13.3. The lowest BCUT2D eigenvalue weighted by Gasteiger charge is -2.34. The number of phenols is 1. The van der Waals surface area contributed by atoms with Crippen molar-refractivity contribution in [2.45, 2.75) is 55.6 Å². The number of anilines is 1. The molecule has 4 aliphatic rings. The van der Waals surface area contributed by atoms with Gasteiger partial charge in [0, 0.05) is 62.1 Å². The van der Waals surface area contributed by atoms with Crippen LogP contribution in [-0.4, -0.2) is 82.7 Å². The molecule has 7 nitrogen and oxygen atoms in total. The Labute approximate surface area is 251 Å². The molecule has 0 saturated carbocycles. The molecule has 11 heteroatoms. The smallest absolute Gasteiger partial charge is 0.319 e. The van der Waals surface area contributed by atoms with Crippen molar-refractivity contribution in [1.29, 1.82) is 0 Å². The van der Waals surface area contributed by atoms with Gasteiger partial charge in [-0.15, -0.1) is 0 Å². The van der Waals surface area contributed by atoms with Gasteiger partial charge in [-0.3, -0.25) is 4.90 Å². The van der Waals surface area contributed by atoms with Crippen molar-refractivity contribution >= 4 is 39.1 Å². The Bertz CT molecular complexity index is 1730. The zero-order chi connectivity index (χ0) is 29.5. The van der Waals surface area contributed by atoms with Crippen molar-refractivity contribution in [3.63, 3.8) is 0 Å². The van der Waals surface area contributed by atoms with Crippen LogP contribution in [0.5, 0.6) is 11.8 Å². The first-order chi connectivity index (χ1) is 20.8. The lowest BCUT2D eigenvalue weighted by Crippen LogP contribution is -2.51. The average molecular weight is 610 g/mol. The Kier molecular flexibility index (Phi) is 6.40. The number of piperazine rings is 1. The minimum Gasteiger partial charge on any atom is -0.508 e. The molecule has 2 bridgehead atoms. The van der Waals surface area contributed by atoms with Gasteiger partial charge in [0.25, 0.3) is 0 Å². The van der Waals surface area contributed by atoms with Gasteiger partial charge in [-0.2, -0.15) is 9.97 Å². The van der Waals surface area contributed by atoms with Crippen molar-refractivity contribution in [1.82, 2.24) is 20.2 Å². The van der Waals surface area contributed by atoms with E-state index in [4.69, 9.17) is 21.3 Å². The van der Waals surface area contributed by atoms with Crippen LogP contribution >= 0.6 is 11.6 Å². The molecule has 43 heavy (non-hydrogen) atoms. The van der Waals surface area contributed by atoms with Gasteiger partial charge < -0.3 is 20.1 Å². The summed E-state index contributed by atoms with van der Waals surface area (Å²) in [7, 11) is 0. The molecule has 8 rings (SSSR count).